The quantitative estimate of drug-likeness (QED) is 0.616. The van der Waals surface area contributed by atoms with Gasteiger partial charge < -0.3 is 5.32 Å². The molecule has 1 N–H and O–H groups in total. The first-order chi connectivity index (χ1) is 6.27. The van der Waals surface area contributed by atoms with Crippen LogP contribution in [0.3, 0.4) is 0 Å². The molecular weight excluding hydrogens is 160 g/mol. The Morgan fingerprint density at radius 1 is 1.23 bits per heavy atom. The van der Waals surface area contributed by atoms with Gasteiger partial charge >= 0.3 is 0 Å². The second kappa shape index (κ2) is 3.81. The van der Waals surface area contributed by atoms with Crippen molar-refractivity contribution in [1.82, 2.24) is 10.2 Å². The lowest BCUT2D eigenvalue weighted by Gasteiger charge is -2.41. The van der Waals surface area contributed by atoms with Crippen LogP contribution in [0.4, 0.5) is 0 Å². The lowest BCUT2D eigenvalue weighted by atomic mass is 10.0. The first kappa shape index (κ1) is 9.22. The van der Waals surface area contributed by atoms with Crippen molar-refractivity contribution >= 4 is 0 Å². The Balaban J connectivity index is 1.95. The maximum absolute atomic E-state index is 3.56. The van der Waals surface area contributed by atoms with Crippen LogP contribution < -0.4 is 5.32 Å². The molecule has 0 bridgehead atoms. The highest BCUT2D eigenvalue weighted by atomic mass is 15.3. The van der Waals surface area contributed by atoms with Gasteiger partial charge in [-0.2, -0.15) is 0 Å². The smallest absolute Gasteiger partial charge is 0.0571 e. The first-order valence-electron chi connectivity index (χ1n) is 5.41. The minimum Gasteiger partial charge on any atom is -0.302 e. The molecule has 2 atom stereocenters. The molecule has 1 fully saturated rings. The average Bonchev–Trinajstić information content (AvgIpc) is 2.61. The van der Waals surface area contributed by atoms with E-state index in [0.29, 0.717) is 6.17 Å². The van der Waals surface area contributed by atoms with E-state index in [9.17, 15) is 0 Å². The summed E-state index contributed by atoms with van der Waals surface area (Å²) < 4.78 is 0. The molecule has 0 amide bonds. The zero-order chi connectivity index (χ0) is 9.26. The van der Waals surface area contributed by atoms with Crippen molar-refractivity contribution in [2.24, 2.45) is 5.92 Å². The predicted octanol–water partition coefficient (Wildman–Crippen LogP) is 1.59. The van der Waals surface area contributed by atoms with Gasteiger partial charge in [0.15, 0.2) is 0 Å². The van der Waals surface area contributed by atoms with Gasteiger partial charge in [-0.1, -0.05) is 19.1 Å². The standard InChI is InChI=1S/C11H20N2/c1-9-7-12-10(2)13(8-9)11-5-3-4-6-11/h3-4,9-12H,5-8H2,1-2H3/t9-,10?/m1/s1. The Labute approximate surface area is 81.0 Å². The molecule has 0 spiro atoms. The highest BCUT2D eigenvalue weighted by Gasteiger charge is 2.28. The fraction of sp³-hybridized carbons (Fsp3) is 0.818. The van der Waals surface area contributed by atoms with Crippen LogP contribution in [0.25, 0.3) is 0 Å². The van der Waals surface area contributed by atoms with Crippen LogP contribution in [0.15, 0.2) is 12.2 Å². The molecule has 1 saturated heterocycles. The molecule has 2 aliphatic rings. The summed E-state index contributed by atoms with van der Waals surface area (Å²) in [6.45, 7) is 7.05. The summed E-state index contributed by atoms with van der Waals surface area (Å²) >= 11 is 0. The number of hydrogen-bond donors (Lipinski definition) is 1. The van der Waals surface area contributed by atoms with E-state index in [-0.39, 0.29) is 0 Å². The van der Waals surface area contributed by atoms with Crippen molar-refractivity contribution in [2.75, 3.05) is 13.1 Å². The minimum absolute atomic E-state index is 0.570. The highest BCUT2D eigenvalue weighted by Crippen LogP contribution is 2.22. The summed E-state index contributed by atoms with van der Waals surface area (Å²) in [6, 6.07) is 0.769. The van der Waals surface area contributed by atoms with E-state index in [1.54, 1.807) is 0 Å². The summed E-state index contributed by atoms with van der Waals surface area (Å²) in [6.07, 6.45) is 7.70. The van der Waals surface area contributed by atoms with Crippen molar-refractivity contribution in [3.8, 4) is 0 Å². The third kappa shape index (κ3) is 1.94. The molecule has 2 heteroatoms. The normalized spacial score (nSPS) is 37.1. The van der Waals surface area contributed by atoms with E-state index in [0.717, 1.165) is 12.0 Å². The van der Waals surface area contributed by atoms with Gasteiger partial charge in [0.25, 0.3) is 0 Å². The van der Waals surface area contributed by atoms with Crippen molar-refractivity contribution in [3.63, 3.8) is 0 Å². The zero-order valence-corrected chi connectivity index (χ0v) is 8.66. The van der Waals surface area contributed by atoms with Gasteiger partial charge in [0.1, 0.15) is 0 Å². The number of nitrogens with zero attached hydrogens (tertiary/aromatic N) is 1. The van der Waals surface area contributed by atoms with Crippen LogP contribution in [-0.4, -0.2) is 30.2 Å². The third-order valence-corrected chi connectivity index (χ3v) is 3.23. The Kier molecular flexibility index (Phi) is 2.70. The highest BCUT2D eigenvalue weighted by molar-refractivity contribution is 5.00. The van der Waals surface area contributed by atoms with Gasteiger partial charge in [0.2, 0.25) is 0 Å². The van der Waals surface area contributed by atoms with Gasteiger partial charge in [-0.25, -0.2) is 0 Å². The molecule has 1 unspecified atom stereocenters. The molecule has 74 valence electrons. The van der Waals surface area contributed by atoms with Crippen LogP contribution in [0.1, 0.15) is 26.7 Å². The molecule has 0 radical (unpaired) electrons. The summed E-state index contributed by atoms with van der Waals surface area (Å²) in [4.78, 5) is 2.62. The maximum atomic E-state index is 3.56. The first-order valence-corrected chi connectivity index (χ1v) is 5.41. The van der Waals surface area contributed by atoms with Gasteiger partial charge in [0, 0.05) is 19.1 Å². The van der Waals surface area contributed by atoms with E-state index < -0.39 is 0 Å². The van der Waals surface area contributed by atoms with Crippen LogP contribution in [0, 0.1) is 5.92 Å². The van der Waals surface area contributed by atoms with Crippen molar-refractivity contribution in [1.29, 1.82) is 0 Å². The average molecular weight is 180 g/mol. The van der Waals surface area contributed by atoms with E-state index in [2.05, 4.69) is 36.2 Å². The SMILES string of the molecule is CC1NC[C@@H](C)CN1C1CC=CC1. The summed E-state index contributed by atoms with van der Waals surface area (Å²) in [5, 5.41) is 3.56. The van der Waals surface area contributed by atoms with E-state index >= 15 is 0 Å². The third-order valence-electron chi connectivity index (χ3n) is 3.23. The summed E-state index contributed by atoms with van der Waals surface area (Å²) in [5.41, 5.74) is 0. The summed E-state index contributed by atoms with van der Waals surface area (Å²) in [5.74, 6) is 0.803. The molecule has 1 aliphatic heterocycles. The largest absolute Gasteiger partial charge is 0.302 e. The van der Waals surface area contributed by atoms with Crippen molar-refractivity contribution < 1.29 is 0 Å². The number of nitrogens with one attached hydrogen (secondary N) is 1. The molecule has 0 aromatic rings. The van der Waals surface area contributed by atoms with E-state index in [1.165, 1.54) is 25.9 Å². The monoisotopic (exact) mass is 180 g/mol. The summed E-state index contributed by atoms with van der Waals surface area (Å²) in [7, 11) is 0. The number of hydrogen-bond acceptors (Lipinski definition) is 2. The molecular formula is C11H20N2. The van der Waals surface area contributed by atoms with Gasteiger partial charge in [0.05, 0.1) is 6.17 Å². The van der Waals surface area contributed by atoms with Crippen molar-refractivity contribution in [2.45, 2.75) is 38.9 Å². The van der Waals surface area contributed by atoms with Crippen LogP contribution in [-0.2, 0) is 0 Å². The number of rotatable bonds is 1. The molecule has 1 heterocycles. The molecule has 0 aromatic carbocycles. The maximum Gasteiger partial charge on any atom is 0.0571 e. The Hall–Kier alpha value is -0.340. The van der Waals surface area contributed by atoms with Crippen molar-refractivity contribution in [3.05, 3.63) is 12.2 Å². The fourth-order valence-electron chi connectivity index (χ4n) is 2.41. The topological polar surface area (TPSA) is 15.3 Å². The predicted molar refractivity (Wildman–Crippen MR) is 55.5 cm³/mol. The second-order valence-corrected chi connectivity index (χ2v) is 4.48. The molecule has 0 aromatic heterocycles. The molecule has 13 heavy (non-hydrogen) atoms. The second-order valence-electron chi connectivity index (χ2n) is 4.48. The molecule has 2 rings (SSSR count). The van der Waals surface area contributed by atoms with E-state index in [4.69, 9.17) is 0 Å². The Bertz CT molecular complexity index is 192. The van der Waals surface area contributed by atoms with Crippen LogP contribution >= 0.6 is 0 Å². The Morgan fingerprint density at radius 3 is 2.62 bits per heavy atom. The molecule has 2 nitrogen and oxygen atoms in total. The van der Waals surface area contributed by atoms with Gasteiger partial charge in [-0.05, 0) is 25.7 Å². The molecule has 0 saturated carbocycles. The molecule has 1 aliphatic carbocycles. The van der Waals surface area contributed by atoms with Gasteiger partial charge in [-0.15, -0.1) is 0 Å². The lowest BCUT2D eigenvalue weighted by molar-refractivity contribution is 0.0704. The minimum atomic E-state index is 0.570. The van der Waals surface area contributed by atoms with Gasteiger partial charge in [-0.3, -0.25) is 4.90 Å². The zero-order valence-electron chi connectivity index (χ0n) is 8.66. The fourth-order valence-corrected chi connectivity index (χ4v) is 2.41. The Morgan fingerprint density at radius 2 is 1.92 bits per heavy atom. The van der Waals surface area contributed by atoms with E-state index in [1.807, 2.05) is 0 Å². The van der Waals surface area contributed by atoms with Crippen LogP contribution in [0.5, 0.6) is 0 Å². The lowest BCUT2D eigenvalue weighted by Crippen LogP contribution is -2.56. The van der Waals surface area contributed by atoms with Crippen LogP contribution in [0.2, 0.25) is 0 Å².